The van der Waals surface area contributed by atoms with Crippen molar-refractivity contribution < 1.29 is 9.47 Å². The molecular weight excluding hydrogens is 254 g/mol. The van der Waals surface area contributed by atoms with Gasteiger partial charge in [-0.3, -0.25) is 0 Å². The molecular formula is C15H19N3O2. The van der Waals surface area contributed by atoms with Crippen molar-refractivity contribution in [3.05, 3.63) is 36.2 Å². The number of hydrogen-bond donors (Lipinski definition) is 1. The predicted octanol–water partition coefficient (Wildman–Crippen LogP) is 3.41. The van der Waals surface area contributed by atoms with Gasteiger partial charge < -0.3 is 14.8 Å². The molecule has 2 rings (SSSR count). The van der Waals surface area contributed by atoms with Crippen molar-refractivity contribution in [3.63, 3.8) is 0 Å². The van der Waals surface area contributed by atoms with Crippen molar-refractivity contribution in [3.8, 4) is 17.4 Å². The molecule has 1 aromatic heterocycles. The van der Waals surface area contributed by atoms with E-state index in [9.17, 15) is 0 Å². The van der Waals surface area contributed by atoms with E-state index in [2.05, 4.69) is 22.2 Å². The molecule has 106 valence electrons. The van der Waals surface area contributed by atoms with Gasteiger partial charge in [-0.1, -0.05) is 25.1 Å². The van der Waals surface area contributed by atoms with Gasteiger partial charge in [0.25, 0.3) is 5.88 Å². The van der Waals surface area contributed by atoms with Crippen LogP contribution in [0.1, 0.15) is 18.9 Å². The smallest absolute Gasteiger partial charge is 0.268 e. The lowest BCUT2D eigenvalue weighted by Gasteiger charge is -2.13. The first-order valence-corrected chi connectivity index (χ1v) is 6.62. The van der Waals surface area contributed by atoms with Crippen molar-refractivity contribution >= 4 is 5.82 Å². The fourth-order valence-electron chi connectivity index (χ4n) is 1.76. The second-order valence-electron chi connectivity index (χ2n) is 4.36. The van der Waals surface area contributed by atoms with E-state index in [0.717, 1.165) is 24.3 Å². The summed E-state index contributed by atoms with van der Waals surface area (Å²) in [5.74, 6) is 2.33. The number of ether oxygens (including phenoxy) is 2. The molecule has 0 radical (unpaired) electrons. The van der Waals surface area contributed by atoms with Crippen LogP contribution < -0.4 is 14.8 Å². The fraction of sp³-hybridized carbons (Fsp3) is 0.333. The maximum Gasteiger partial charge on any atom is 0.268 e. The lowest BCUT2D eigenvalue weighted by atomic mass is 10.2. The van der Waals surface area contributed by atoms with Gasteiger partial charge in [-0.15, -0.1) is 0 Å². The van der Waals surface area contributed by atoms with E-state index in [4.69, 9.17) is 9.47 Å². The largest absolute Gasteiger partial charge is 0.489 e. The van der Waals surface area contributed by atoms with E-state index < -0.39 is 0 Å². The topological polar surface area (TPSA) is 56.3 Å². The lowest BCUT2D eigenvalue weighted by Crippen LogP contribution is -2.06. The maximum atomic E-state index is 5.84. The van der Waals surface area contributed by atoms with Gasteiger partial charge in [0.05, 0.1) is 7.11 Å². The van der Waals surface area contributed by atoms with Crippen LogP contribution in [0.4, 0.5) is 5.82 Å². The van der Waals surface area contributed by atoms with Gasteiger partial charge in [0, 0.05) is 6.54 Å². The average Bonchev–Trinajstić information content (AvgIpc) is 2.47. The normalized spacial score (nSPS) is 10.2. The zero-order valence-electron chi connectivity index (χ0n) is 12.0. The van der Waals surface area contributed by atoms with Crippen LogP contribution >= 0.6 is 0 Å². The van der Waals surface area contributed by atoms with Crippen molar-refractivity contribution in [2.45, 2.75) is 20.3 Å². The van der Waals surface area contributed by atoms with Crippen LogP contribution in [-0.4, -0.2) is 23.6 Å². The maximum absolute atomic E-state index is 5.84. The molecule has 0 amide bonds. The number of hydrogen-bond acceptors (Lipinski definition) is 5. The Morgan fingerprint density at radius 1 is 1.20 bits per heavy atom. The second kappa shape index (κ2) is 6.75. The summed E-state index contributed by atoms with van der Waals surface area (Å²) in [7, 11) is 1.58. The number of benzene rings is 1. The number of anilines is 1. The Morgan fingerprint density at radius 2 is 2.00 bits per heavy atom. The first-order chi connectivity index (χ1) is 9.76. The SMILES string of the molecule is CCCNc1ncnc(Oc2ccccc2C)c1OC. The highest BCUT2D eigenvalue weighted by molar-refractivity contribution is 5.56. The highest BCUT2D eigenvalue weighted by atomic mass is 16.5. The van der Waals surface area contributed by atoms with Gasteiger partial charge >= 0.3 is 0 Å². The predicted molar refractivity (Wildman–Crippen MR) is 78.6 cm³/mol. The molecule has 5 heteroatoms. The standard InChI is InChI=1S/C15H19N3O2/c1-4-9-16-14-13(19-3)15(18-10-17-14)20-12-8-6-5-7-11(12)2/h5-8,10H,4,9H2,1-3H3,(H,16,17,18). The van der Waals surface area contributed by atoms with E-state index in [1.54, 1.807) is 7.11 Å². The van der Waals surface area contributed by atoms with Gasteiger partial charge in [-0.2, -0.15) is 4.98 Å². The zero-order valence-corrected chi connectivity index (χ0v) is 12.0. The van der Waals surface area contributed by atoms with Crippen LogP contribution in [0.2, 0.25) is 0 Å². The second-order valence-corrected chi connectivity index (χ2v) is 4.36. The Bertz CT molecular complexity index is 573. The molecule has 1 aromatic carbocycles. The fourth-order valence-corrected chi connectivity index (χ4v) is 1.76. The summed E-state index contributed by atoms with van der Waals surface area (Å²) in [6.07, 6.45) is 2.47. The van der Waals surface area contributed by atoms with Gasteiger partial charge in [0.1, 0.15) is 12.1 Å². The Kier molecular flexibility index (Phi) is 4.76. The van der Waals surface area contributed by atoms with Crippen LogP contribution in [0.5, 0.6) is 17.4 Å². The monoisotopic (exact) mass is 273 g/mol. The number of aryl methyl sites for hydroxylation is 1. The molecule has 0 aliphatic heterocycles. The van der Waals surface area contributed by atoms with Crippen molar-refractivity contribution in [2.75, 3.05) is 19.0 Å². The van der Waals surface area contributed by atoms with Crippen LogP contribution in [-0.2, 0) is 0 Å². The summed E-state index contributed by atoms with van der Waals surface area (Å²) in [6.45, 7) is 4.89. The number of nitrogens with one attached hydrogen (secondary N) is 1. The van der Waals surface area contributed by atoms with Crippen molar-refractivity contribution in [2.24, 2.45) is 0 Å². The summed E-state index contributed by atoms with van der Waals surface area (Å²) < 4.78 is 11.2. The minimum Gasteiger partial charge on any atom is -0.489 e. The van der Waals surface area contributed by atoms with E-state index in [0.29, 0.717) is 17.4 Å². The van der Waals surface area contributed by atoms with Gasteiger partial charge in [-0.25, -0.2) is 4.98 Å². The third-order valence-corrected chi connectivity index (χ3v) is 2.82. The quantitative estimate of drug-likeness (QED) is 0.874. The third kappa shape index (κ3) is 3.17. The van der Waals surface area contributed by atoms with E-state index >= 15 is 0 Å². The Balaban J connectivity index is 2.29. The number of methoxy groups -OCH3 is 1. The number of nitrogens with zero attached hydrogens (tertiary/aromatic N) is 2. The van der Waals surface area contributed by atoms with Crippen LogP contribution in [0.15, 0.2) is 30.6 Å². The van der Waals surface area contributed by atoms with Crippen LogP contribution in [0, 0.1) is 6.92 Å². The van der Waals surface area contributed by atoms with Gasteiger partial charge in [0.2, 0.25) is 5.75 Å². The first kappa shape index (κ1) is 14.1. The average molecular weight is 273 g/mol. The highest BCUT2D eigenvalue weighted by Gasteiger charge is 2.14. The molecule has 0 aliphatic rings. The Labute approximate surface area is 119 Å². The molecule has 0 spiro atoms. The Hall–Kier alpha value is -2.30. The molecule has 2 aromatic rings. The van der Waals surface area contributed by atoms with E-state index in [1.807, 2.05) is 31.2 Å². The highest BCUT2D eigenvalue weighted by Crippen LogP contribution is 2.34. The summed E-state index contributed by atoms with van der Waals surface area (Å²) in [6, 6.07) is 7.77. The minimum absolute atomic E-state index is 0.412. The van der Waals surface area contributed by atoms with Gasteiger partial charge in [-0.05, 0) is 25.0 Å². The van der Waals surface area contributed by atoms with E-state index in [1.165, 1.54) is 6.33 Å². The Morgan fingerprint density at radius 3 is 2.70 bits per heavy atom. The summed E-state index contributed by atoms with van der Waals surface area (Å²) in [4.78, 5) is 8.34. The number of rotatable bonds is 6. The zero-order chi connectivity index (χ0) is 14.4. The molecule has 20 heavy (non-hydrogen) atoms. The molecule has 0 bridgehead atoms. The molecule has 0 saturated heterocycles. The van der Waals surface area contributed by atoms with Crippen molar-refractivity contribution in [1.82, 2.24) is 9.97 Å². The number of aromatic nitrogens is 2. The molecule has 0 aliphatic carbocycles. The summed E-state index contributed by atoms with van der Waals surface area (Å²) in [5.41, 5.74) is 1.04. The summed E-state index contributed by atoms with van der Waals surface area (Å²) >= 11 is 0. The molecule has 5 nitrogen and oxygen atoms in total. The van der Waals surface area contributed by atoms with Crippen LogP contribution in [0.3, 0.4) is 0 Å². The third-order valence-electron chi connectivity index (χ3n) is 2.82. The van der Waals surface area contributed by atoms with Crippen molar-refractivity contribution in [1.29, 1.82) is 0 Å². The molecule has 0 saturated carbocycles. The van der Waals surface area contributed by atoms with E-state index in [-0.39, 0.29) is 0 Å². The molecule has 0 fully saturated rings. The lowest BCUT2D eigenvalue weighted by molar-refractivity contribution is 0.368. The minimum atomic E-state index is 0.412. The number of para-hydroxylation sites is 1. The van der Waals surface area contributed by atoms with Crippen LogP contribution in [0.25, 0.3) is 0 Å². The molecule has 1 heterocycles. The summed E-state index contributed by atoms with van der Waals surface area (Å²) in [5, 5.41) is 3.20. The molecule has 1 N–H and O–H groups in total. The molecule has 0 atom stereocenters. The molecule has 0 unspecified atom stereocenters. The first-order valence-electron chi connectivity index (χ1n) is 6.62. The van der Waals surface area contributed by atoms with Gasteiger partial charge in [0.15, 0.2) is 5.82 Å².